The van der Waals surface area contributed by atoms with Crippen LogP contribution in [0.3, 0.4) is 0 Å². The lowest BCUT2D eigenvalue weighted by Gasteiger charge is -2.07. The number of hydrogen-bond acceptors (Lipinski definition) is 3. The zero-order valence-electron chi connectivity index (χ0n) is 10.8. The molecule has 0 aliphatic rings. The summed E-state index contributed by atoms with van der Waals surface area (Å²) in [6.45, 7) is 3.96. The minimum atomic E-state index is -0.209. The van der Waals surface area contributed by atoms with Gasteiger partial charge in [-0.2, -0.15) is 4.98 Å². The van der Waals surface area contributed by atoms with E-state index in [2.05, 4.69) is 21.0 Å². The first-order valence-corrected chi connectivity index (χ1v) is 6.07. The van der Waals surface area contributed by atoms with E-state index in [0.29, 0.717) is 5.39 Å². The summed E-state index contributed by atoms with van der Waals surface area (Å²) in [5.74, 6) is 0. The highest BCUT2D eigenvalue weighted by Crippen LogP contribution is 2.24. The Balaban J connectivity index is 2.23. The van der Waals surface area contributed by atoms with E-state index >= 15 is 0 Å². The number of rotatable bonds is 1. The van der Waals surface area contributed by atoms with Gasteiger partial charge >= 0.3 is 0 Å². The van der Waals surface area contributed by atoms with Crippen molar-refractivity contribution in [3.8, 4) is 11.1 Å². The second-order valence-electron chi connectivity index (χ2n) is 4.55. The predicted molar refractivity (Wildman–Crippen MR) is 75.1 cm³/mol. The first-order valence-electron chi connectivity index (χ1n) is 6.07. The number of nitrogens with one attached hydrogen (secondary N) is 1. The average Bonchev–Trinajstić information content (AvgIpc) is 2.38. The maximum absolute atomic E-state index is 11.6. The molecule has 1 aromatic carbocycles. The van der Waals surface area contributed by atoms with Crippen molar-refractivity contribution in [1.82, 2.24) is 15.0 Å². The Bertz CT molecular complexity index is 821. The Morgan fingerprint density at radius 2 is 1.95 bits per heavy atom. The van der Waals surface area contributed by atoms with Crippen LogP contribution in [0.5, 0.6) is 0 Å². The summed E-state index contributed by atoms with van der Waals surface area (Å²) in [6.07, 6.45) is 1.43. The van der Waals surface area contributed by atoms with Crippen LogP contribution in [0, 0.1) is 13.8 Å². The molecule has 0 aliphatic heterocycles. The molecule has 19 heavy (non-hydrogen) atoms. The highest BCUT2D eigenvalue weighted by Gasteiger charge is 2.06. The van der Waals surface area contributed by atoms with Crippen molar-refractivity contribution in [1.29, 1.82) is 0 Å². The number of aryl methyl sites for hydroxylation is 2. The first kappa shape index (κ1) is 11.6. The standard InChI is InChI=1S/C15H13N3O/c1-9-3-5-12(10(2)18-9)11-4-6-13-14(7-11)16-8-17-15(13)19/h3-8H,1-2H3,(H,16,17,19). The van der Waals surface area contributed by atoms with E-state index in [1.165, 1.54) is 6.33 Å². The topological polar surface area (TPSA) is 58.6 Å². The van der Waals surface area contributed by atoms with Crippen LogP contribution in [0.2, 0.25) is 0 Å². The molecule has 0 amide bonds. The van der Waals surface area contributed by atoms with Crippen LogP contribution in [0.1, 0.15) is 11.4 Å². The van der Waals surface area contributed by atoms with Gasteiger partial charge < -0.3 is 4.98 Å². The van der Waals surface area contributed by atoms with Crippen LogP contribution in [0.25, 0.3) is 22.0 Å². The van der Waals surface area contributed by atoms with E-state index in [9.17, 15) is 4.79 Å². The molecular weight excluding hydrogens is 238 g/mol. The third kappa shape index (κ3) is 2.01. The molecule has 1 N–H and O–H groups in total. The van der Waals surface area contributed by atoms with E-state index in [1.54, 1.807) is 6.07 Å². The lowest BCUT2D eigenvalue weighted by molar-refractivity contribution is 1.12. The maximum Gasteiger partial charge on any atom is 0.280 e. The fourth-order valence-electron chi connectivity index (χ4n) is 2.24. The second kappa shape index (κ2) is 4.31. The van der Waals surface area contributed by atoms with Crippen molar-refractivity contribution in [2.24, 2.45) is 0 Å². The van der Waals surface area contributed by atoms with Crippen molar-refractivity contribution < 1.29 is 0 Å². The zero-order valence-corrected chi connectivity index (χ0v) is 10.8. The smallest absolute Gasteiger partial charge is 0.280 e. The largest absolute Gasteiger partial charge is 0.346 e. The molecule has 94 valence electrons. The Kier molecular flexibility index (Phi) is 2.63. The van der Waals surface area contributed by atoms with E-state index < -0.39 is 0 Å². The SMILES string of the molecule is Cc1ccc(-c2ccc3c(=O)nc[nH]c3c2)c(C)n1. The Morgan fingerprint density at radius 1 is 1.11 bits per heavy atom. The minimum Gasteiger partial charge on any atom is -0.346 e. The van der Waals surface area contributed by atoms with Crippen LogP contribution in [0.4, 0.5) is 0 Å². The van der Waals surface area contributed by atoms with Gasteiger partial charge in [-0.05, 0) is 37.6 Å². The van der Waals surface area contributed by atoms with Gasteiger partial charge in [-0.25, -0.2) is 0 Å². The quantitative estimate of drug-likeness (QED) is 0.723. The normalized spacial score (nSPS) is 10.8. The summed E-state index contributed by atoms with van der Waals surface area (Å²) >= 11 is 0. The van der Waals surface area contributed by atoms with Gasteiger partial charge in [0.25, 0.3) is 5.56 Å². The maximum atomic E-state index is 11.6. The molecule has 3 aromatic rings. The molecule has 4 nitrogen and oxygen atoms in total. The van der Waals surface area contributed by atoms with Crippen molar-refractivity contribution in [3.63, 3.8) is 0 Å². The number of pyridine rings is 1. The number of nitrogens with zero attached hydrogens (tertiary/aromatic N) is 2. The number of fused-ring (bicyclic) bond motifs is 1. The number of benzene rings is 1. The third-order valence-corrected chi connectivity index (χ3v) is 3.19. The number of H-pyrrole nitrogens is 1. The monoisotopic (exact) mass is 251 g/mol. The van der Waals surface area contributed by atoms with Gasteiger partial charge in [0.1, 0.15) is 0 Å². The lowest BCUT2D eigenvalue weighted by atomic mass is 10.0. The third-order valence-electron chi connectivity index (χ3n) is 3.19. The van der Waals surface area contributed by atoms with Crippen molar-refractivity contribution in [3.05, 3.63) is 58.4 Å². The lowest BCUT2D eigenvalue weighted by Crippen LogP contribution is -2.05. The highest BCUT2D eigenvalue weighted by molar-refractivity contribution is 5.83. The molecule has 2 aromatic heterocycles. The fourth-order valence-corrected chi connectivity index (χ4v) is 2.24. The summed E-state index contributed by atoms with van der Waals surface area (Å²) in [5, 5.41) is 0.601. The first-order chi connectivity index (χ1) is 9.15. The van der Waals surface area contributed by atoms with E-state index in [-0.39, 0.29) is 5.56 Å². The predicted octanol–water partition coefficient (Wildman–Crippen LogP) is 2.60. The number of aromatic amines is 1. The van der Waals surface area contributed by atoms with E-state index in [4.69, 9.17) is 0 Å². The zero-order chi connectivity index (χ0) is 13.4. The van der Waals surface area contributed by atoms with Gasteiger partial charge in [0.15, 0.2) is 0 Å². The summed E-state index contributed by atoms with van der Waals surface area (Å²) in [7, 11) is 0. The van der Waals surface area contributed by atoms with Gasteiger partial charge in [0.2, 0.25) is 0 Å². The van der Waals surface area contributed by atoms with E-state index in [0.717, 1.165) is 28.0 Å². The molecular formula is C15H13N3O. The molecule has 0 fully saturated rings. The average molecular weight is 251 g/mol. The van der Waals surface area contributed by atoms with Crippen LogP contribution in [-0.2, 0) is 0 Å². The molecule has 0 spiro atoms. The second-order valence-corrected chi connectivity index (χ2v) is 4.55. The van der Waals surface area contributed by atoms with Crippen molar-refractivity contribution in [2.75, 3.05) is 0 Å². The molecule has 3 rings (SSSR count). The highest BCUT2D eigenvalue weighted by atomic mass is 16.1. The van der Waals surface area contributed by atoms with E-state index in [1.807, 2.05) is 32.0 Å². The molecule has 0 radical (unpaired) electrons. The van der Waals surface area contributed by atoms with Crippen molar-refractivity contribution >= 4 is 10.9 Å². The van der Waals surface area contributed by atoms with Crippen LogP contribution >= 0.6 is 0 Å². The summed E-state index contributed by atoms with van der Waals surface area (Å²) in [4.78, 5) is 22.8. The molecule has 0 atom stereocenters. The number of hydrogen-bond donors (Lipinski definition) is 1. The van der Waals surface area contributed by atoms with Crippen LogP contribution < -0.4 is 5.56 Å². The van der Waals surface area contributed by atoms with Crippen molar-refractivity contribution in [2.45, 2.75) is 13.8 Å². The molecule has 2 heterocycles. The van der Waals surface area contributed by atoms with Gasteiger partial charge in [0, 0.05) is 17.0 Å². The molecule has 0 bridgehead atoms. The van der Waals surface area contributed by atoms with Crippen LogP contribution in [0.15, 0.2) is 41.5 Å². The summed E-state index contributed by atoms with van der Waals surface area (Å²) in [5.41, 5.74) is 4.68. The van der Waals surface area contributed by atoms with Crippen LogP contribution in [-0.4, -0.2) is 15.0 Å². The molecule has 0 saturated carbocycles. The molecule has 0 unspecified atom stereocenters. The molecule has 0 aliphatic carbocycles. The Labute approximate surface area is 110 Å². The molecule has 0 saturated heterocycles. The van der Waals surface area contributed by atoms with Gasteiger partial charge in [-0.15, -0.1) is 0 Å². The Morgan fingerprint density at radius 3 is 2.74 bits per heavy atom. The summed E-state index contributed by atoms with van der Waals surface area (Å²) < 4.78 is 0. The minimum absolute atomic E-state index is 0.209. The number of aromatic nitrogens is 3. The summed E-state index contributed by atoms with van der Waals surface area (Å²) in [6, 6.07) is 9.73. The van der Waals surface area contributed by atoms with Gasteiger partial charge in [-0.3, -0.25) is 9.78 Å². The Hall–Kier alpha value is -2.49. The van der Waals surface area contributed by atoms with Gasteiger partial charge in [0.05, 0.1) is 17.2 Å². The van der Waals surface area contributed by atoms with Gasteiger partial charge in [-0.1, -0.05) is 12.1 Å². The molecule has 4 heteroatoms. The fraction of sp³-hybridized carbons (Fsp3) is 0.133.